The minimum atomic E-state index is -0.192. The van der Waals surface area contributed by atoms with Crippen LogP contribution in [0, 0.1) is 5.82 Å². The minimum Gasteiger partial charge on any atom is -0.316 e. The molecule has 19 heavy (non-hydrogen) atoms. The fraction of sp³-hybridized carbons (Fsp3) is 0.267. The van der Waals surface area contributed by atoms with E-state index in [2.05, 4.69) is 10.3 Å². The van der Waals surface area contributed by atoms with Gasteiger partial charge >= 0.3 is 0 Å². The maximum atomic E-state index is 12.8. The number of aromatic nitrogens is 1. The molecule has 2 nitrogen and oxygen atoms in total. The molecular formula is C15H17FN2S. The Balaban J connectivity index is 1.87. The van der Waals surface area contributed by atoms with Crippen molar-refractivity contribution >= 4 is 11.8 Å². The van der Waals surface area contributed by atoms with Crippen molar-refractivity contribution in [1.82, 2.24) is 10.3 Å². The first-order valence-corrected chi connectivity index (χ1v) is 7.22. The largest absolute Gasteiger partial charge is 0.316 e. The van der Waals surface area contributed by atoms with Crippen molar-refractivity contribution in [2.24, 2.45) is 0 Å². The molecular weight excluding hydrogens is 259 g/mol. The highest BCUT2D eigenvalue weighted by atomic mass is 32.2. The molecule has 1 aromatic carbocycles. The fourth-order valence-corrected chi connectivity index (χ4v) is 2.75. The van der Waals surface area contributed by atoms with Crippen molar-refractivity contribution < 1.29 is 4.39 Å². The fourth-order valence-electron chi connectivity index (χ4n) is 1.74. The van der Waals surface area contributed by atoms with Crippen molar-refractivity contribution in [2.45, 2.75) is 17.4 Å². The lowest BCUT2D eigenvalue weighted by molar-refractivity contribution is 0.609. The van der Waals surface area contributed by atoms with Gasteiger partial charge in [-0.25, -0.2) is 4.39 Å². The molecule has 2 aromatic rings. The van der Waals surface area contributed by atoms with E-state index in [0.717, 1.165) is 22.8 Å². The molecule has 1 N–H and O–H groups in total. The Bertz CT molecular complexity index is 487. The molecule has 2 rings (SSSR count). The number of nitrogens with zero attached hydrogens (tertiary/aromatic N) is 1. The topological polar surface area (TPSA) is 24.9 Å². The molecule has 0 spiro atoms. The first kappa shape index (κ1) is 14.0. The van der Waals surface area contributed by atoms with Crippen LogP contribution in [0.15, 0.2) is 53.6 Å². The summed E-state index contributed by atoms with van der Waals surface area (Å²) in [6, 6.07) is 12.9. The SMILES string of the molecule is CNC(CSc1ccc(F)cc1)Cc1ccccn1. The highest BCUT2D eigenvalue weighted by molar-refractivity contribution is 7.99. The van der Waals surface area contributed by atoms with Gasteiger partial charge in [0.1, 0.15) is 5.82 Å². The van der Waals surface area contributed by atoms with E-state index in [1.807, 2.05) is 43.6 Å². The summed E-state index contributed by atoms with van der Waals surface area (Å²) in [5.74, 6) is 0.738. The Labute approximate surface area is 117 Å². The number of thioether (sulfide) groups is 1. The molecule has 0 saturated carbocycles. The second kappa shape index (κ2) is 7.26. The van der Waals surface area contributed by atoms with Gasteiger partial charge < -0.3 is 5.32 Å². The summed E-state index contributed by atoms with van der Waals surface area (Å²) in [7, 11) is 1.96. The standard InChI is InChI=1S/C15H17FN2S/c1-17-14(10-13-4-2-3-9-18-13)11-19-15-7-5-12(16)6-8-15/h2-9,14,17H,10-11H2,1H3. The normalized spacial score (nSPS) is 12.3. The van der Waals surface area contributed by atoms with Gasteiger partial charge in [0.2, 0.25) is 0 Å². The Hall–Kier alpha value is -1.39. The summed E-state index contributed by atoms with van der Waals surface area (Å²) in [5.41, 5.74) is 1.08. The van der Waals surface area contributed by atoms with E-state index >= 15 is 0 Å². The first-order chi connectivity index (χ1) is 9.28. The van der Waals surface area contributed by atoms with Crippen molar-refractivity contribution in [3.8, 4) is 0 Å². The molecule has 4 heteroatoms. The zero-order chi connectivity index (χ0) is 13.5. The molecule has 0 aliphatic rings. The van der Waals surface area contributed by atoms with E-state index in [0.29, 0.717) is 6.04 Å². The second-order valence-corrected chi connectivity index (χ2v) is 5.37. The summed E-state index contributed by atoms with van der Waals surface area (Å²) >= 11 is 1.72. The van der Waals surface area contributed by atoms with E-state index in [1.165, 1.54) is 12.1 Å². The van der Waals surface area contributed by atoms with Gasteiger partial charge in [-0.15, -0.1) is 11.8 Å². The van der Waals surface area contributed by atoms with Crippen LogP contribution in [-0.2, 0) is 6.42 Å². The van der Waals surface area contributed by atoms with Crippen LogP contribution in [-0.4, -0.2) is 23.8 Å². The summed E-state index contributed by atoms with van der Waals surface area (Å²) in [6.45, 7) is 0. The number of benzene rings is 1. The molecule has 1 atom stereocenters. The van der Waals surface area contributed by atoms with E-state index in [1.54, 1.807) is 11.8 Å². The zero-order valence-electron chi connectivity index (χ0n) is 10.8. The number of halogens is 1. The Morgan fingerprint density at radius 3 is 2.63 bits per heavy atom. The first-order valence-electron chi connectivity index (χ1n) is 6.23. The van der Waals surface area contributed by atoms with Crippen molar-refractivity contribution in [2.75, 3.05) is 12.8 Å². The number of likely N-dealkylation sites (N-methyl/N-ethyl adjacent to an activating group) is 1. The highest BCUT2D eigenvalue weighted by Crippen LogP contribution is 2.19. The third kappa shape index (κ3) is 4.65. The predicted octanol–water partition coefficient (Wildman–Crippen LogP) is 3.14. The third-order valence-electron chi connectivity index (χ3n) is 2.85. The van der Waals surface area contributed by atoms with Crippen molar-refractivity contribution in [1.29, 1.82) is 0 Å². The van der Waals surface area contributed by atoms with Crippen LogP contribution in [0.3, 0.4) is 0 Å². The van der Waals surface area contributed by atoms with Gasteiger partial charge in [-0.05, 0) is 43.4 Å². The summed E-state index contributed by atoms with van der Waals surface area (Å²) in [5, 5.41) is 3.30. The molecule has 0 fully saturated rings. The molecule has 1 heterocycles. The van der Waals surface area contributed by atoms with Crippen LogP contribution >= 0.6 is 11.8 Å². The summed E-state index contributed by atoms with van der Waals surface area (Å²) in [6.07, 6.45) is 2.71. The molecule has 0 aliphatic heterocycles. The predicted molar refractivity (Wildman–Crippen MR) is 77.9 cm³/mol. The summed E-state index contributed by atoms with van der Waals surface area (Å²) < 4.78 is 12.8. The third-order valence-corrected chi connectivity index (χ3v) is 4.03. The lowest BCUT2D eigenvalue weighted by atomic mass is 10.2. The highest BCUT2D eigenvalue weighted by Gasteiger charge is 2.08. The van der Waals surface area contributed by atoms with Gasteiger partial charge in [-0.2, -0.15) is 0 Å². The number of nitrogens with one attached hydrogen (secondary N) is 1. The molecule has 100 valence electrons. The Kier molecular flexibility index (Phi) is 5.36. The van der Waals surface area contributed by atoms with E-state index in [9.17, 15) is 4.39 Å². The van der Waals surface area contributed by atoms with Crippen molar-refractivity contribution in [3.63, 3.8) is 0 Å². The number of pyridine rings is 1. The smallest absolute Gasteiger partial charge is 0.123 e. The number of hydrogen-bond acceptors (Lipinski definition) is 3. The monoisotopic (exact) mass is 276 g/mol. The number of hydrogen-bond donors (Lipinski definition) is 1. The van der Waals surface area contributed by atoms with Crippen LogP contribution < -0.4 is 5.32 Å². The maximum absolute atomic E-state index is 12.8. The quantitative estimate of drug-likeness (QED) is 0.820. The van der Waals surface area contributed by atoms with Gasteiger partial charge in [0.15, 0.2) is 0 Å². The van der Waals surface area contributed by atoms with E-state index in [4.69, 9.17) is 0 Å². The van der Waals surface area contributed by atoms with Crippen LogP contribution in [0.1, 0.15) is 5.69 Å². The molecule has 0 saturated heterocycles. The summed E-state index contributed by atoms with van der Waals surface area (Å²) in [4.78, 5) is 5.42. The maximum Gasteiger partial charge on any atom is 0.123 e. The van der Waals surface area contributed by atoms with Crippen LogP contribution in [0.25, 0.3) is 0 Å². The molecule has 0 radical (unpaired) electrons. The van der Waals surface area contributed by atoms with Gasteiger partial charge in [-0.3, -0.25) is 4.98 Å². The molecule has 1 aromatic heterocycles. The number of rotatable bonds is 6. The van der Waals surface area contributed by atoms with Crippen molar-refractivity contribution in [3.05, 3.63) is 60.2 Å². The lowest BCUT2D eigenvalue weighted by Gasteiger charge is -2.15. The van der Waals surface area contributed by atoms with E-state index < -0.39 is 0 Å². The van der Waals surface area contributed by atoms with Crippen LogP contribution in [0.2, 0.25) is 0 Å². The Morgan fingerprint density at radius 2 is 2.00 bits per heavy atom. The second-order valence-electron chi connectivity index (χ2n) is 4.28. The van der Waals surface area contributed by atoms with Gasteiger partial charge in [-0.1, -0.05) is 6.07 Å². The van der Waals surface area contributed by atoms with E-state index in [-0.39, 0.29) is 5.82 Å². The van der Waals surface area contributed by atoms with Gasteiger partial charge in [0.25, 0.3) is 0 Å². The molecule has 0 amide bonds. The average molecular weight is 276 g/mol. The molecule has 0 aliphatic carbocycles. The Morgan fingerprint density at radius 1 is 1.21 bits per heavy atom. The van der Waals surface area contributed by atoms with Crippen LogP contribution in [0.4, 0.5) is 4.39 Å². The average Bonchev–Trinajstić information content (AvgIpc) is 2.46. The lowest BCUT2D eigenvalue weighted by Crippen LogP contribution is -2.30. The van der Waals surface area contributed by atoms with Gasteiger partial charge in [0.05, 0.1) is 0 Å². The minimum absolute atomic E-state index is 0.192. The molecule has 1 unspecified atom stereocenters. The van der Waals surface area contributed by atoms with Gasteiger partial charge in [0, 0.05) is 35.0 Å². The molecule has 0 bridgehead atoms. The zero-order valence-corrected chi connectivity index (χ0v) is 11.7. The van der Waals surface area contributed by atoms with Crippen LogP contribution in [0.5, 0.6) is 0 Å².